The van der Waals surface area contributed by atoms with Gasteiger partial charge < -0.3 is 10.1 Å². The normalized spacial score (nSPS) is 10.5. The van der Waals surface area contributed by atoms with E-state index < -0.39 is 22.5 Å². The Bertz CT molecular complexity index is 270. The zero-order valence-corrected chi connectivity index (χ0v) is 7.07. The molecule has 1 N–H and O–H groups in total. The predicted molar refractivity (Wildman–Crippen MR) is 40.9 cm³/mol. The van der Waals surface area contributed by atoms with Crippen LogP contribution in [0.4, 0.5) is 0 Å². The molecular formula is C6H8N2O5. The summed E-state index contributed by atoms with van der Waals surface area (Å²) in [7, 11) is 1.01. The minimum Gasteiger partial charge on any atom is -0.461 e. The number of carbonyl (C=O) groups excluding carboxylic acids is 2. The van der Waals surface area contributed by atoms with Crippen LogP contribution in [0.5, 0.6) is 0 Å². The summed E-state index contributed by atoms with van der Waals surface area (Å²) in [5.41, 5.74) is -0.822. The molecular weight excluding hydrogens is 180 g/mol. The number of nitrogens with one attached hydrogen (secondary N) is 1. The maximum atomic E-state index is 10.7. The highest BCUT2D eigenvalue weighted by atomic mass is 16.6. The van der Waals surface area contributed by atoms with Gasteiger partial charge in [0.2, 0.25) is 5.91 Å². The van der Waals surface area contributed by atoms with E-state index in [1.165, 1.54) is 0 Å². The quantitative estimate of drug-likeness (QED) is 0.276. The highest BCUT2D eigenvalue weighted by Crippen LogP contribution is 1.96. The van der Waals surface area contributed by atoms with E-state index in [-0.39, 0.29) is 0 Å². The van der Waals surface area contributed by atoms with Crippen LogP contribution in [-0.4, -0.2) is 23.9 Å². The fourth-order valence-corrected chi connectivity index (χ4v) is 0.461. The molecule has 0 rings (SSSR count). The lowest BCUT2D eigenvalue weighted by Gasteiger charge is -1.96. The Morgan fingerprint density at radius 2 is 2.08 bits per heavy atom. The molecule has 7 heteroatoms. The van der Waals surface area contributed by atoms with E-state index in [0.717, 1.165) is 14.0 Å². The number of methoxy groups -OCH3 is 1. The third-order valence-electron chi connectivity index (χ3n) is 1.00. The van der Waals surface area contributed by atoms with Crippen molar-refractivity contribution >= 4 is 11.9 Å². The average Bonchev–Trinajstić information content (AvgIpc) is 2.03. The Hall–Kier alpha value is -1.92. The summed E-state index contributed by atoms with van der Waals surface area (Å²) in [5.74, 6) is -1.62. The molecule has 0 atom stereocenters. The molecule has 0 spiro atoms. The van der Waals surface area contributed by atoms with Gasteiger partial charge in [0, 0.05) is 6.92 Å². The lowest BCUT2D eigenvalue weighted by Crippen LogP contribution is -2.20. The molecule has 0 unspecified atom stereocenters. The van der Waals surface area contributed by atoms with Crippen molar-refractivity contribution in [3.05, 3.63) is 22.0 Å². The first-order valence-corrected chi connectivity index (χ1v) is 3.19. The molecule has 0 aliphatic heterocycles. The number of hydrogen-bond donors (Lipinski definition) is 1. The highest BCUT2D eigenvalue weighted by Gasteiger charge is 2.22. The number of hydrogen-bond acceptors (Lipinski definition) is 5. The molecule has 0 radical (unpaired) electrons. The summed E-state index contributed by atoms with van der Waals surface area (Å²) >= 11 is 0. The van der Waals surface area contributed by atoms with Gasteiger partial charge in [0.05, 0.1) is 18.2 Å². The van der Waals surface area contributed by atoms with Gasteiger partial charge in [-0.15, -0.1) is 0 Å². The molecule has 0 bridgehead atoms. The van der Waals surface area contributed by atoms with Crippen LogP contribution in [0.25, 0.3) is 0 Å². The first-order chi connectivity index (χ1) is 5.99. The molecule has 0 aromatic heterocycles. The minimum absolute atomic E-state index is 0.511. The number of carbonyl (C=O) groups is 2. The SMILES string of the molecule is COC(=O)/C(=C/NC(C)=O)[N+](=O)[O-]. The first kappa shape index (κ1) is 11.1. The van der Waals surface area contributed by atoms with Gasteiger partial charge in [0.15, 0.2) is 0 Å². The standard InChI is InChI=1S/C6H8N2O5/c1-4(9)7-3-5(8(11)12)6(10)13-2/h3H,1-2H3,(H,7,9)/b5-3-. The van der Waals surface area contributed by atoms with Crippen molar-refractivity contribution in [2.45, 2.75) is 6.92 Å². The zero-order valence-electron chi connectivity index (χ0n) is 7.07. The van der Waals surface area contributed by atoms with E-state index in [0.29, 0.717) is 6.20 Å². The maximum absolute atomic E-state index is 10.7. The van der Waals surface area contributed by atoms with Crippen LogP contribution in [-0.2, 0) is 14.3 Å². The lowest BCUT2D eigenvalue weighted by atomic mass is 10.5. The van der Waals surface area contributed by atoms with E-state index in [9.17, 15) is 19.7 Å². The van der Waals surface area contributed by atoms with E-state index in [1.807, 2.05) is 5.32 Å². The second-order valence-corrected chi connectivity index (χ2v) is 1.98. The number of ether oxygens (including phenoxy) is 1. The summed E-state index contributed by atoms with van der Waals surface area (Å²) < 4.78 is 4.11. The van der Waals surface area contributed by atoms with Gasteiger partial charge >= 0.3 is 11.7 Å². The Kier molecular flexibility index (Phi) is 4.14. The molecule has 1 amide bonds. The van der Waals surface area contributed by atoms with Gasteiger partial charge in [0.1, 0.15) is 0 Å². The largest absolute Gasteiger partial charge is 0.461 e. The van der Waals surface area contributed by atoms with Crippen LogP contribution < -0.4 is 5.32 Å². The van der Waals surface area contributed by atoms with E-state index in [2.05, 4.69) is 4.74 Å². The third kappa shape index (κ3) is 3.85. The summed E-state index contributed by atoms with van der Waals surface area (Å²) in [6, 6.07) is 0. The summed E-state index contributed by atoms with van der Waals surface area (Å²) in [4.78, 5) is 30.3. The van der Waals surface area contributed by atoms with Crippen molar-refractivity contribution in [1.82, 2.24) is 5.32 Å². The van der Waals surface area contributed by atoms with Gasteiger partial charge in [-0.25, -0.2) is 4.79 Å². The van der Waals surface area contributed by atoms with Crippen LogP contribution in [0.2, 0.25) is 0 Å². The Balaban J connectivity index is 4.60. The van der Waals surface area contributed by atoms with Crippen molar-refractivity contribution < 1.29 is 19.2 Å². The summed E-state index contributed by atoms with van der Waals surface area (Å²) in [5, 5.41) is 12.2. The summed E-state index contributed by atoms with van der Waals surface area (Å²) in [6.07, 6.45) is 0.689. The molecule has 0 aromatic rings. The highest BCUT2D eigenvalue weighted by molar-refractivity contribution is 5.86. The van der Waals surface area contributed by atoms with Crippen LogP contribution >= 0.6 is 0 Å². The van der Waals surface area contributed by atoms with Crippen molar-refractivity contribution in [3.63, 3.8) is 0 Å². The summed E-state index contributed by atoms with van der Waals surface area (Å²) in [6.45, 7) is 1.16. The van der Waals surface area contributed by atoms with Gasteiger partial charge in [-0.05, 0) is 0 Å². The van der Waals surface area contributed by atoms with Crippen molar-refractivity contribution in [2.75, 3.05) is 7.11 Å². The Morgan fingerprint density at radius 3 is 2.38 bits per heavy atom. The molecule has 72 valence electrons. The van der Waals surface area contributed by atoms with Gasteiger partial charge in [0.25, 0.3) is 0 Å². The molecule has 7 nitrogen and oxygen atoms in total. The van der Waals surface area contributed by atoms with Crippen molar-refractivity contribution in [3.8, 4) is 0 Å². The van der Waals surface area contributed by atoms with Crippen LogP contribution in [0.1, 0.15) is 6.92 Å². The van der Waals surface area contributed by atoms with Gasteiger partial charge in [-0.3, -0.25) is 14.9 Å². The fourth-order valence-electron chi connectivity index (χ4n) is 0.461. The number of rotatable bonds is 3. The van der Waals surface area contributed by atoms with E-state index in [1.54, 1.807) is 0 Å². The van der Waals surface area contributed by atoms with Crippen molar-refractivity contribution in [2.24, 2.45) is 0 Å². The van der Waals surface area contributed by atoms with E-state index in [4.69, 9.17) is 0 Å². The second-order valence-electron chi connectivity index (χ2n) is 1.98. The Labute approximate surface area is 73.5 Å². The second kappa shape index (κ2) is 4.86. The van der Waals surface area contributed by atoms with Gasteiger partial charge in [-0.1, -0.05) is 0 Å². The van der Waals surface area contributed by atoms with Gasteiger partial charge in [-0.2, -0.15) is 0 Å². The molecule has 0 aromatic carbocycles. The number of esters is 1. The fraction of sp³-hybridized carbons (Fsp3) is 0.333. The molecule has 0 aliphatic carbocycles. The van der Waals surface area contributed by atoms with Crippen molar-refractivity contribution in [1.29, 1.82) is 0 Å². The molecule has 13 heavy (non-hydrogen) atoms. The smallest absolute Gasteiger partial charge is 0.411 e. The molecule has 0 saturated heterocycles. The first-order valence-electron chi connectivity index (χ1n) is 3.19. The molecule has 0 saturated carbocycles. The molecule has 0 heterocycles. The predicted octanol–water partition coefficient (Wildman–Crippen LogP) is -0.586. The average molecular weight is 188 g/mol. The minimum atomic E-state index is -1.11. The Morgan fingerprint density at radius 1 is 1.54 bits per heavy atom. The number of nitrogens with zero attached hydrogens (tertiary/aromatic N) is 1. The number of nitro groups is 1. The van der Waals surface area contributed by atoms with Crippen LogP contribution in [0, 0.1) is 10.1 Å². The molecule has 0 fully saturated rings. The topological polar surface area (TPSA) is 98.5 Å². The molecule has 0 aliphatic rings. The maximum Gasteiger partial charge on any atom is 0.411 e. The zero-order chi connectivity index (χ0) is 10.4. The van der Waals surface area contributed by atoms with E-state index >= 15 is 0 Å². The third-order valence-corrected chi connectivity index (χ3v) is 1.00. The van der Waals surface area contributed by atoms with Crippen LogP contribution in [0.15, 0.2) is 11.9 Å². The number of amides is 1. The van der Waals surface area contributed by atoms with Crippen LogP contribution in [0.3, 0.4) is 0 Å². The lowest BCUT2D eigenvalue weighted by molar-refractivity contribution is -0.421. The monoisotopic (exact) mass is 188 g/mol.